The molecule has 0 aliphatic carbocycles. The van der Waals surface area contributed by atoms with Gasteiger partial charge in [0.25, 0.3) is 5.56 Å². The Kier molecular flexibility index (Phi) is 5.81. The van der Waals surface area contributed by atoms with Crippen molar-refractivity contribution in [2.24, 2.45) is 0 Å². The molecule has 0 atom stereocenters. The quantitative estimate of drug-likeness (QED) is 0.430. The van der Waals surface area contributed by atoms with Crippen LogP contribution in [-0.2, 0) is 19.4 Å². The standard InChI is InChI=1S/C21H18BrN5O2/c22-19-10-11-20(29-14-16-5-2-1-3-6-16)18(13-19)9-8-17-7-4-12-26(21(17)28)27-24-15-23-25-27/h1-7,10-13,15H,8-9,14H2. The molecule has 0 unspecified atom stereocenters. The summed E-state index contributed by atoms with van der Waals surface area (Å²) in [4.78, 5) is 13.9. The molecule has 2 aromatic carbocycles. The Morgan fingerprint density at radius 3 is 2.59 bits per heavy atom. The number of tetrazole rings is 1. The topological polar surface area (TPSA) is 74.8 Å². The summed E-state index contributed by atoms with van der Waals surface area (Å²) >= 11 is 3.52. The van der Waals surface area contributed by atoms with E-state index in [9.17, 15) is 4.79 Å². The van der Waals surface area contributed by atoms with Crippen LogP contribution in [0.15, 0.2) is 82.5 Å². The molecule has 2 heterocycles. The van der Waals surface area contributed by atoms with Crippen LogP contribution >= 0.6 is 15.9 Å². The number of halogens is 1. The molecule has 2 aromatic heterocycles. The second kappa shape index (κ2) is 8.83. The molecule has 0 spiro atoms. The van der Waals surface area contributed by atoms with Crippen molar-refractivity contribution >= 4 is 15.9 Å². The summed E-state index contributed by atoms with van der Waals surface area (Å²) in [6, 6.07) is 19.6. The molecule has 0 N–H and O–H groups in total. The van der Waals surface area contributed by atoms with Gasteiger partial charge in [-0.1, -0.05) is 57.2 Å². The van der Waals surface area contributed by atoms with Gasteiger partial charge in [-0.3, -0.25) is 4.79 Å². The highest BCUT2D eigenvalue weighted by Crippen LogP contribution is 2.25. The van der Waals surface area contributed by atoms with E-state index in [1.165, 1.54) is 15.9 Å². The van der Waals surface area contributed by atoms with Crippen LogP contribution in [0.1, 0.15) is 16.7 Å². The highest BCUT2D eigenvalue weighted by Gasteiger charge is 2.10. The minimum atomic E-state index is -0.174. The third-order valence-electron chi connectivity index (χ3n) is 4.46. The van der Waals surface area contributed by atoms with E-state index in [0.29, 0.717) is 25.0 Å². The molecule has 0 fully saturated rings. The number of aromatic nitrogens is 5. The Hall–Kier alpha value is -3.26. The van der Waals surface area contributed by atoms with E-state index >= 15 is 0 Å². The molecule has 0 saturated carbocycles. The summed E-state index contributed by atoms with van der Waals surface area (Å²) in [5, 5.41) is 11.3. The van der Waals surface area contributed by atoms with Gasteiger partial charge in [-0.2, -0.15) is 4.68 Å². The molecule has 0 aliphatic rings. The van der Waals surface area contributed by atoms with Gasteiger partial charge in [0, 0.05) is 16.2 Å². The van der Waals surface area contributed by atoms with E-state index in [1.54, 1.807) is 12.3 Å². The van der Waals surface area contributed by atoms with Crippen LogP contribution < -0.4 is 10.3 Å². The summed E-state index contributed by atoms with van der Waals surface area (Å²) in [6.07, 6.45) is 4.12. The molecule has 0 radical (unpaired) electrons. The average molecular weight is 452 g/mol. The average Bonchev–Trinajstić information content (AvgIpc) is 3.28. The molecule has 0 amide bonds. The number of pyridine rings is 1. The van der Waals surface area contributed by atoms with Crippen molar-refractivity contribution in [3.63, 3.8) is 0 Å². The maximum absolute atomic E-state index is 12.7. The first kappa shape index (κ1) is 19.1. The summed E-state index contributed by atoms with van der Waals surface area (Å²) in [6.45, 7) is 0.492. The van der Waals surface area contributed by atoms with Gasteiger partial charge in [-0.25, -0.2) is 0 Å². The normalized spacial score (nSPS) is 10.8. The molecule has 4 aromatic rings. The van der Waals surface area contributed by atoms with Crippen LogP contribution in [0.4, 0.5) is 0 Å². The molecular weight excluding hydrogens is 434 g/mol. The van der Waals surface area contributed by atoms with Gasteiger partial charge in [0.05, 0.1) is 0 Å². The lowest BCUT2D eigenvalue weighted by molar-refractivity contribution is 0.303. The third kappa shape index (κ3) is 4.60. The minimum absolute atomic E-state index is 0.174. The maximum atomic E-state index is 12.7. The first-order chi connectivity index (χ1) is 14.2. The lowest BCUT2D eigenvalue weighted by Gasteiger charge is -2.13. The van der Waals surface area contributed by atoms with Gasteiger partial charge >= 0.3 is 0 Å². The second-order valence-electron chi connectivity index (χ2n) is 6.41. The first-order valence-electron chi connectivity index (χ1n) is 9.10. The number of hydrogen-bond donors (Lipinski definition) is 0. The third-order valence-corrected chi connectivity index (χ3v) is 4.96. The van der Waals surface area contributed by atoms with Gasteiger partial charge in [0.1, 0.15) is 12.4 Å². The van der Waals surface area contributed by atoms with Gasteiger partial charge in [-0.05, 0) is 53.4 Å². The van der Waals surface area contributed by atoms with Gasteiger partial charge < -0.3 is 4.74 Å². The number of ether oxygens (including phenoxy) is 1. The number of hydrogen-bond acceptors (Lipinski definition) is 5. The number of aryl methyl sites for hydroxylation is 2. The van der Waals surface area contributed by atoms with Crippen molar-refractivity contribution in [2.45, 2.75) is 19.4 Å². The zero-order chi connectivity index (χ0) is 20.1. The molecule has 0 saturated heterocycles. The Morgan fingerprint density at radius 2 is 1.79 bits per heavy atom. The lowest BCUT2D eigenvalue weighted by atomic mass is 10.0. The highest BCUT2D eigenvalue weighted by atomic mass is 79.9. The molecule has 29 heavy (non-hydrogen) atoms. The van der Waals surface area contributed by atoms with Crippen LogP contribution in [0, 0.1) is 0 Å². The van der Waals surface area contributed by atoms with Crippen LogP contribution in [0.2, 0.25) is 0 Å². The molecule has 4 rings (SSSR count). The first-order valence-corrected chi connectivity index (χ1v) is 9.89. The predicted octanol–water partition coefficient (Wildman–Crippen LogP) is 3.27. The van der Waals surface area contributed by atoms with Gasteiger partial charge in [0.2, 0.25) is 0 Å². The van der Waals surface area contributed by atoms with Crippen LogP contribution in [0.25, 0.3) is 0 Å². The minimum Gasteiger partial charge on any atom is -0.489 e. The van der Waals surface area contributed by atoms with Crippen LogP contribution in [0.5, 0.6) is 5.75 Å². The van der Waals surface area contributed by atoms with Crippen LogP contribution in [-0.4, -0.2) is 25.0 Å². The SMILES string of the molecule is O=c1c(CCc2cc(Br)ccc2OCc2ccccc2)cccn1-n1ncnn1. The zero-order valence-electron chi connectivity index (χ0n) is 15.5. The number of nitrogens with zero attached hydrogens (tertiary/aromatic N) is 5. The van der Waals surface area contributed by atoms with E-state index in [0.717, 1.165) is 21.3 Å². The lowest BCUT2D eigenvalue weighted by Crippen LogP contribution is -2.30. The summed E-state index contributed by atoms with van der Waals surface area (Å²) in [5.74, 6) is 0.811. The Labute approximate surface area is 175 Å². The molecule has 8 heteroatoms. The summed E-state index contributed by atoms with van der Waals surface area (Å²) in [7, 11) is 0. The van der Waals surface area contributed by atoms with Crippen molar-refractivity contribution in [1.29, 1.82) is 0 Å². The Morgan fingerprint density at radius 1 is 0.966 bits per heavy atom. The fourth-order valence-corrected chi connectivity index (χ4v) is 3.42. The molecular formula is C21H18BrN5O2. The van der Waals surface area contributed by atoms with Crippen molar-refractivity contribution in [1.82, 2.24) is 25.0 Å². The number of benzene rings is 2. The highest BCUT2D eigenvalue weighted by molar-refractivity contribution is 9.10. The van der Waals surface area contributed by atoms with E-state index in [2.05, 4.69) is 31.3 Å². The van der Waals surface area contributed by atoms with Gasteiger partial charge in [-0.15, -0.1) is 10.2 Å². The number of rotatable bonds is 7. The summed E-state index contributed by atoms with van der Waals surface area (Å²) in [5.41, 5.74) is 2.63. The maximum Gasteiger partial charge on any atom is 0.275 e. The smallest absolute Gasteiger partial charge is 0.275 e. The monoisotopic (exact) mass is 451 g/mol. The molecule has 7 nitrogen and oxygen atoms in total. The van der Waals surface area contributed by atoms with Crippen molar-refractivity contribution in [2.75, 3.05) is 0 Å². The van der Waals surface area contributed by atoms with Crippen molar-refractivity contribution in [3.8, 4) is 5.75 Å². The molecule has 0 bridgehead atoms. The largest absolute Gasteiger partial charge is 0.489 e. The van der Waals surface area contributed by atoms with Gasteiger partial charge in [0.15, 0.2) is 6.33 Å². The van der Waals surface area contributed by atoms with Crippen molar-refractivity contribution in [3.05, 3.63) is 105 Å². The van der Waals surface area contributed by atoms with Crippen LogP contribution in [0.3, 0.4) is 0 Å². The molecule has 146 valence electrons. The van der Waals surface area contributed by atoms with E-state index in [-0.39, 0.29) is 5.56 Å². The van der Waals surface area contributed by atoms with E-state index in [1.807, 2.05) is 54.6 Å². The Balaban J connectivity index is 1.52. The van der Waals surface area contributed by atoms with Crippen molar-refractivity contribution < 1.29 is 4.74 Å². The fraction of sp³-hybridized carbons (Fsp3) is 0.143. The van der Waals surface area contributed by atoms with E-state index in [4.69, 9.17) is 4.74 Å². The second-order valence-corrected chi connectivity index (χ2v) is 7.33. The fourth-order valence-electron chi connectivity index (χ4n) is 3.01. The van der Waals surface area contributed by atoms with E-state index < -0.39 is 0 Å². The Bertz CT molecular complexity index is 1140. The molecule has 0 aliphatic heterocycles. The summed E-state index contributed by atoms with van der Waals surface area (Å²) < 4.78 is 8.34. The predicted molar refractivity (Wildman–Crippen MR) is 112 cm³/mol. The zero-order valence-corrected chi connectivity index (χ0v) is 17.1.